The zero-order chi connectivity index (χ0) is 9.87. The van der Waals surface area contributed by atoms with Gasteiger partial charge in [0.1, 0.15) is 0 Å². The largest absolute Gasteiger partial charge is 0.351 e. The number of amides is 3. The fraction of sp³-hybridized carbons (Fsp3) is 0.800. The van der Waals surface area contributed by atoms with Gasteiger partial charge < -0.3 is 5.73 Å². The molecule has 4 heteroatoms. The molecule has 2 bridgehead atoms. The van der Waals surface area contributed by atoms with E-state index in [1.165, 1.54) is 19.3 Å². The molecule has 14 heavy (non-hydrogen) atoms. The number of rotatable bonds is 1. The third-order valence-electron chi connectivity index (χ3n) is 4.28. The molecule has 0 aliphatic heterocycles. The molecule has 4 nitrogen and oxygen atoms in total. The number of primary amides is 1. The van der Waals surface area contributed by atoms with Crippen molar-refractivity contribution >= 4 is 11.9 Å². The summed E-state index contributed by atoms with van der Waals surface area (Å²) in [5.74, 6) is 2.64. The third kappa shape index (κ3) is 0.938. The second-order valence-corrected chi connectivity index (χ2v) is 4.87. The molecule has 3 amide bonds. The number of urea groups is 1. The van der Waals surface area contributed by atoms with E-state index < -0.39 is 6.03 Å². The summed E-state index contributed by atoms with van der Waals surface area (Å²) in [5, 5.41) is 2.20. The first-order chi connectivity index (χ1) is 6.68. The molecule has 3 rings (SSSR count). The number of imide groups is 1. The molecule has 4 atom stereocenters. The van der Waals surface area contributed by atoms with Crippen molar-refractivity contribution in [2.45, 2.75) is 19.3 Å². The summed E-state index contributed by atoms with van der Waals surface area (Å²) in [7, 11) is 0. The summed E-state index contributed by atoms with van der Waals surface area (Å²) in [6.07, 6.45) is 3.88. The van der Waals surface area contributed by atoms with Gasteiger partial charge >= 0.3 is 6.03 Å². The molecule has 3 fully saturated rings. The van der Waals surface area contributed by atoms with Gasteiger partial charge in [-0.15, -0.1) is 0 Å². The minimum atomic E-state index is -0.715. The molecule has 3 saturated carbocycles. The van der Waals surface area contributed by atoms with E-state index >= 15 is 0 Å². The standard InChI is InChI=1S/C10H14N2O2/c11-10(14)12-9(13)8-6-4-1-2-5(3-4)7(6)8/h4-8H,1-3H2,(H3,11,12,13,14). The summed E-state index contributed by atoms with van der Waals surface area (Å²) >= 11 is 0. The fourth-order valence-electron chi connectivity index (χ4n) is 3.88. The van der Waals surface area contributed by atoms with Crippen molar-refractivity contribution in [3.05, 3.63) is 0 Å². The van der Waals surface area contributed by atoms with Crippen molar-refractivity contribution in [3.8, 4) is 0 Å². The van der Waals surface area contributed by atoms with Crippen LogP contribution in [0.1, 0.15) is 19.3 Å². The molecular formula is C10H14N2O2. The topological polar surface area (TPSA) is 72.2 Å². The van der Waals surface area contributed by atoms with Crippen LogP contribution in [0.15, 0.2) is 0 Å². The summed E-state index contributed by atoms with van der Waals surface area (Å²) in [6.45, 7) is 0. The molecule has 0 radical (unpaired) electrons. The minimum absolute atomic E-state index is 0.105. The predicted molar refractivity (Wildman–Crippen MR) is 49.0 cm³/mol. The molecule has 0 spiro atoms. The first kappa shape index (κ1) is 8.26. The first-order valence-corrected chi connectivity index (χ1v) is 5.29. The average Bonchev–Trinajstić information content (AvgIpc) is 2.56. The van der Waals surface area contributed by atoms with Crippen molar-refractivity contribution in [3.63, 3.8) is 0 Å². The van der Waals surface area contributed by atoms with Gasteiger partial charge in [-0.3, -0.25) is 10.1 Å². The highest BCUT2D eigenvalue weighted by Gasteiger charge is 2.67. The lowest BCUT2D eigenvalue weighted by Gasteiger charge is -2.06. The van der Waals surface area contributed by atoms with E-state index in [0.29, 0.717) is 11.8 Å². The Kier molecular flexibility index (Phi) is 1.47. The zero-order valence-electron chi connectivity index (χ0n) is 7.90. The van der Waals surface area contributed by atoms with Gasteiger partial charge in [-0.1, -0.05) is 0 Å². The molecule has 3 aliphatic rings. The summed E-state index contributed by atoms with van der Waals surface area (Å²) in [4.78, 5) is 22.1. The van der Waals surface area contributed by atoms with Gasteiger partial charge in [-0.25, -0.2) is 4.79 Å². The highest BCUT2D eigenvalue weighted by molar-refractivity contribution is 5.96. The Labute approximate surface area is 82.2 Å². The quantitative estimate of drug-likeness (QED) is 0.637. The molecule has 3 N–H and O–H groups in total. The molecular weight excluding hydrogens is 180 g/mol. The predicted octanol–water partition coefficient (Wildman–Crippen LogP) is 0.473. The van der Waals surface area contributed by atoms with Crippen LogP contribution in [-0.2, 0) is 4.79 Å². The van der Waals surface area contributed by atoms with Crippen LogP contribution in [0, 0.1) is 29.6 Å². The highest BCUT2D eigenvalue weighted by atomic mass is 16.2. The van der Waals surface area contributed by atoms with Gasteiger partial charge in [0.25, 0.3) is 0 Å². The third-order valence-corrected chi connectivity index (χ3v) is 4.28. The molecule has 0 saturated heterocycles. The lowest BCUT2D eigenvalue weighted by molar-refractivity contribution is -0.122. The fourth-order valence-corrected chi connectivity index (χ4v) is 3.88. The monoisotopic (exact) mass is 194 g/mol. The molecule has 0 heterocycles. The van der Waals surface area contributed by atoms with Crippen LogP contribution in [0.4, 0.5) is 4.79 Å². The normalized spacial score (nSPS) is 47.3. The zero-order valence-corrected chi connectivity index (χ0v) is 7.90. The van der Waals surface area contributed by atoms with Crippen LogP contribution >= 0.6 is 0 Å². The lowest BCUT2D eigenvalue weighted by Crippen LogP contribution is -2.37. The maximum absolute atomic E-state index is 11.5. The number of hydrogen-bond acceptors (Lipinski definition) is 2. The molecule has 76 valence electrons. The Hall–Kier alpha value is -1.06. The van der Waals surface area contributed by atoms with Crippen molar-refractivity contribution in [2.24, 2.45) is 35.3 Å². The number of nitrogens with one attached hydrogen (secondary N) is 1. The lowest BCUT2D eigenvalue weighted by atomic mass is 10.0. The van der Waals surface area contributed by atoms with Gasteiger partial charge in [0.2, 0.25) is 5.91 Å². The second kappa shape index (κ2) is 2.49. The maximum atomic E-state index is 11.5. The SMILES string of the molecule is NC(=O)NC(=O)C1C2C3CCC(C3)C12. The Bertz CT molecular complexity index is 299. The first-order valence-electron chi connectivity index (χ1n) is 5.29. The van der Waals surface area contributed by atoms with E-state index in [-0.39, 0.29) is 11.8 Å². The van der Waals surface area contributed by atoms with Crippen LogP contribution in [0.3, 0.4) is 0 Å². The van der Waals surface area contributed by atoms with Crippen LogP contribution in [-0.4, -0.2) is 11.9 Å². The summed E-state index contributed by atoms with van der Waals surface area (Å²) in [6, 6.07) is -0.715. The van der Waals surface area contributed by atoms with E-state index in [4.69, 9.17) is 5.73 Å². The van der Waals surface area contributed by atoms with Gasteiger partial charge in [0.15, 0.2) is 0 Å². The Morgan fingerprint density at radius 2 is 1.71 bits per heavy atom. The average molecular weight is 194 g/mol. The number of nitrogens with two attached hydrogens (primary N) is 1. The van der Waals surface area contributed by atoms with Crippen LogP contribution in [0.5, 0.6) is 0 Å². The van der Waals surface area contributed by atoms with E-state index in [1.54, 1.807) is 0 Å². The van der Waals surface area contributed by atoms with Crippen LogP contribution in [0.2, 0.25) is 0 Å². The highest BCUT2D eigenvalue weighted by Crippen LogP contribution is 2.69. The molecule has 4 unspecified atom stereocenters. The van der Waals surface area contributed by atoms with E-state index in [9.17, 15) is 9.59 Å². The smallest absolute Gasteiger partial charge is 0.318 e. The van der Waals surface area contributed by atoms with Crippen molar-refractivity contribution in [1.29, 1.82) is 0 Å². The van der Waals surface area contributed by atoms with Crippen molar-refractivity contribution < 1.29 is 9.59 Å². The molecule has 0 aromatic carbocycles. The van der Waals surface area contributed by atoms with E-state index in [1.807, 2.05) is 0 Å². The number of carbonyl (C=O) groups excluding carboxylic acids is 2. The Morgan fingerprint density at radius 1 is 1.14 bits per heavy atom. The van der Waals surface area contributed by atoms with Crippen molar-refractivity contribution in [1.82, 2.24) is 5.32 Å². The van der Waals surface area contributed by atoms with Crippen molar-refractivity contribution in [2.75, 3.05) is 0 Å². The minimum Gasteiger partial charge on any atom is -0.351 e. The van der Waals surface area contributed by atoms with Gasteiger partial charge in [-0.2, -0.15) is 0 Å². The number of hydrogen-bond donors (Lipinski definition) is 2. The summed E-state index contributed by atoms with van der Waals surface area (Å²) < 4.78 is 0. The van der Waals surface area contributed by atoms with E-state index in [0.717, 1.165) is 11.8 Å². The molecule has 3 aliphatic carbocycles. The number of fused-ring (bicyclic) bond motifs is 5. The van der Waals surface area contributed by atoms with Gasteiger partial charge in [-0.05, 0) is 42.9 Å². The number of carbonyl (C=O) groups is 2. The molecule has 0 aromatic rings. The summed E-state index contributed by atoms with van der Waals surface area (Å²) in [5.41, 5.74) is 4.92. The maximum Gasteiger partial charge on any atom is 0.318 e. The molecule has 0 aromatic heterocycles. The van der Waals surface area contributed by atoms with Crippen LogP contribution < -0.4 is 11.1 Å². The Morgan fingerprint density at radius 3 is 2.21 bits per heavy atom. The Balaban J connectivity index is 1.68. The van der Waals surface area contributed by atoms with Gasteiger partial charge in [0, 0.05) is 5.92 Å². The van der Waals surface area contributed by atoms with Gasteiger partial charge in [0.05, 0.1) is 0 Å². The van der Waals surface area contributed by atoms with Crippen LogP contribution in [0.25, 0.3) is 0 Å². The van der Waals surface area contributed by atoms with E-state index in [2.05, 4.69) is 5.32 Å². The second-order valence-electron chi connectivity index (χ2n) is 4.87.